The summed E-state index contributed by atoms with van der Waals surface area (Å²) in [5.74, 6) is -0.781. The summed E-state index contributed by atoms with van der Waals surface area (Å²) in [6.07, 6.45) is 0.146. The van der Waals surface area contributed by atoms with E-state index in [4.69, 9.17) is 0 Å². The van der Waals surface area contributed by atoms with Crippen LogP contribution in [-0.4, -0.2) is 26.8 Å². The van der Waals surface area contributed by atoms with E-state index in [0.29, 0.717) is 17.9 Å². The first kappa shape index (κ1) is 23.5. The highest BCUT2D eigenvalue weighted by molar-refractivity contribution is 7.92. The minimum atomic E-state index is -3.70. The van der Waals surface area contributed by atoms with Gasteiger partial charge >= 0.3 is 0 Å². The molecule has 1 saturated heterocycles. The number of nitrogens with zero attached hydrogens (tertiary/aromatic N) is 1. The van der Waals surface area contributed by atoms with E-state index in [0.717, 1.165) is 22.4 Å². The van der Waals surface area contributed by atoms with Crippen molar-refractivity contribution in [3.8, 4) is 0 Å². The van der Waals surface area contributed by atoms with Crippen molar-refractivity contribution in [1.82, 2.24) is 0 Å². The van der Waals surface area contributed by atoms with Crippen LogP contribution in [0.2, 0.25) is 0 Å². The molecule has 8 heteroatoms. The van der Waals surface area contributed by atoms with Gasteiger partial charge in [0.1, 0.15) is 0 Å². The molecular formula is C26H27N3O4S. The fraction of sp³-hybridized carbons (Fsp3) is 0.231. The molecule has 3 aromatic carbocycles. The van der Waals surface area contributed by atoms with Gasteiger partial charge in [0.2, 0.25) is 11.8 Å². The lowest BCUT2D eigenvalue weighted by Crippen LogP contribution is -2.28. The van der Waals surface area contributed by atoms with E-state index in [9.17, 15) is 18.0 Å². The van der Waals surface area contributed by atoms with Gasteiger partial charge in [-0.1, -0.05) is 29.8 Å². The van der Waals surface area contributed by atoms with Crippen LogP contribution in [0.15, 0.2) is 71.6 Å². The first-order chi connectivity index (χ1) is 16.1. The van der Waals surface area contributed by atoms with Crippen LogP contribution in [0, 0.1) is 26.7 Å². The maximum absolute atomic E-state index is 12.8. The second-order valence-corrected chi connectivity index (χ2v) is 10.3. The molecule has 0 spiro atoms. The van der Waals surface area contributed by atoms with Crippen LogP contribution >= 0.6 is 0 Å². The van der Waals surface area contributed by atoms with Crippen LogP contribution < -0.4 is 14.9 Å². The van der Waals surface area contributed by atoms with Gasteiger partial charge in [-0.05, 0) is 74.4 Å². The zero-order valence-corrected chi connectivity index (χ0v) is 20.1. The highest BCUT2D eigenvalue weighted by atomic mass is 32.2. The highest BCUT2D eigenvalue weighted by Crippen LogP contribution is 2.30. The largest absolute Gasteiger partial charge is 0.326 e. The van der Waals surface area contributed by atoms with Crippen molar-refractivity contribution in [2.45, 2.75) is 32.1 Å². The number of carbonyl (C=O) groups is 2. The molecule has 7 nitrogen and oxygen atoms in total. The van der Waals surface area contributed by atoms with Crippen LogP contribution in [0.1, 0.15) is 23.1 Å². The van der Waals surface area contributed by atoms with E-state index in [1.807, 2.05) is 39.0 Å². The number of hydrogen-bond donors (Lipinski definition) is 2. The summed E-state index contributed by atoms with van der Waals surface area (Å²) in [6, 6.07) is 18.8. The molecule has 34 heavy (non-hydrogen) atoms. The lowest BCUT2D eigenvalue weighted by molar-refractivity contribution is -0.122. The van der Waals surface area contributed by atoms with E-state index in [-0.39, 0.29) is 23.1 Å². The van der Waals surface area contributed by atoms with Gasteiger partial charge in [-0.3, -0.25) is 14.3 Å². The lowest BCUT2D eigenvalue weighted by Gasteiger charge is -2.20. The standard InChI is InChI=1S/C26H27N3O4S/c1-17-7-13-23(14-8-17)34(32,33)28-22-11-9-21(10-12-22)27-26(31)20-15-25(30)29(16-20)24-6-4-5-18(2)19(24)3/h4-14,20,28H,15-16H2,1-3H3,(H,27,31). The summed E-state index contributed by atoms with van der Waals surface area (Å²) in [5, 5.41) is 2.84. The van der Waals surface area contributed by atoms with E-state index in [1.54, 1.807) is 53.4 Å². The lowest BCUT2D eigenvalue weighted by atomic mass is 10.1. The maximum Gasteiger partial charge on any atom is 0.261 e. The third-order valence-electron chi connectivity index (χ3n) is 6.10. The third kappa shape index (κ3) is 4.97. The molecule has 2 N–H and O–H groups in total. The molecule has 0 saturated carbocycles. The SMILES string of the molecule is Cc1ccc(S(=O)(=O)Nc2ccc(NC(=O)C3CC(=O)N(c4cccc(C)c4C)C3)cc2)cc1. The first-order valence-corrected chi connectivity index (χ1v) is 12.5. The second kappa shape index (κ2) is 9.30. The maximum atomic E-state index is 12.8. The highest BCUT2D eigenvalue weighted by Gasteiger charge is 2.35. The molecule has 3 aromatic rings. The van der Waals surface area contributed by atoms with Crippen LogP contribution in [-0.2, 0) is 19.6 Å². The van der Waals surface area contributed by atoms with Crippen LogP contribution in [0.4, 0.5) is 17.1 Å². The van der Waals surface area contributed by atoms with Crippen molar-refractivity contribution in [3.63, 3.8) is 0 Å². The summed E-state index contributed by atoms with van der Waals surface area (Å²) in [5.41, 5.74) is 4.85. The van der Waals surface area contributed by atoms with Gasteiger partial charge in [0.15, 0.2) is 0 Å². The van der Waals surface area contributed by atoms with Gasteiger partial charge in [0, 0.05) is 30.0 Å². The molecule has 2 amide bonds. The van der Waals surface area contributed by atoms with Crippen molar-refractivity contribution in [3.05, 3.63) is 83.4 Å². The van der Waals surface area contributed by atoms with Gasteiger partial charge in [-0.25, -0.2) is 8.42 Å². The minimum absolute atomic E-state index is 0.0743. The van der Waals surface area contributed by atoms with E-state index in [2.05, 4.69) is 10.0 Å². The van der Waals surface area contributed by atoms with Gasteiger partial charge in [0.25, 0.3) is 10.0 Å². The molecule has 1 heterocycles. The molecule has 4 rings (SSSR count). The Bertz CT molecular complexity index is 1330. The number of sulfonamides is 1. The number of nitrogens with one attached hydrogen (secondary N) is 2. The Kier molecular flexibility index (Phi) is 6.43. The molecule has 0 aliphatic carbocycles. The predicted molar refractivity (Wildman–Crippen MR) is 133 cm³/mol. The van der Waals surface area contributed by atoms with Crippen LogP contribution in [0.3, 0.4) is 0 Å². The number of carbonyl (C=O) groups excluding carboxylic acids is 2. The van der Waals surface area contributed by atoms with E-state index < -0.39 is 15.9 Å². The first-order valence-electron chi connectivity index (χ1n) is 11.0. The minimum Gasteiger partial charge on any atom is -0.326 e. The molecule has 0 bridgehead atoms. The predicted octanol–water partition coefficient (Wildman–Crippen LogP) is 4.40. The van der Waals surface area contributed by atoms with Crippen LogP contribution in [0.5, 0.6) is 0 Å². The van der Waals surface area contributed by atoms with Crippen molar-refractivity contribution in [2.75, 3.05) is 21.5 Å². The quantitative estimate of drug-likeness (QED) is 0.550. The van der Waals surface area contributed by atoms with Crippen molar-refractivity contribution in [1.29, 1.82) is 0 Å². The Hall–Kier alpha value is -3.65. The number of hydrogen-bond acceptors (Lipinski definition) is 4. The molecule has 0 aromatic heterocycles. The Balaban J connectivity index is 1.40. The molecular weight excluding hydrogens is 450 g/mol. The number of benzene rings is 3. The van der Waals surface area contributed by atoms with Crippen molar-refractivity contribution >= 4 is 38.9 Å². The third-order valence-corrected chi connectivity index (χ3v) is 7.50. The van der Waals surface area contributed by atoms with Gasteiger partial charge < -0.3 is 10.2 Å². The van der Waals surface area contributed by atoms with Crippen molar-refractivity contribution in [2.24, 2.45) is 5.92 Å². The molecule has 0 radical (unpaired) electrons. The van der Waals surface area contributed by atoms with Gasteiger partial charge in [-0.15, -0.1) is 0 Å². The Morgan fingerprint density at radius 2 is 1.56 bits per heavy atom. The molecule has 1 aliphatic heterocycles. The number of aryl methyl sites for hydroxylation is 2. The molecule has 176 valence electrons. The van der Waals surface area contributed by atoms with Crippen molar-refractivity contribution < 1.29 is 18.0 Å². The van der Waals surface area contributed by atoms with Gasteiger partial charge in [0.05, 0.1) is 10.8 Å². The Labute approximate surface area is 199 Å². The zero-order valence-electron chi connectivity index (χ0n) is 19.3. The molecule has 1 atom stereocenters. The zero-order chi connectivity index (χ0) is 24.5. The topological polar surface area (TPSA) is 95.6 Å². The fourth-order valence-electron chi connectivity index (χ4n) is 3.94. The summed E-state index contributed by atoms with van der Waals surface area (Å²) >= 11 is 0. The Morgan fingerprint density at radius 1 is 0.912 bits per heavy atom. The molecule has 1 fully saturated rings. The number of anilines is 3. The average Bonchev–Trinajstić information content (AvgIpc) is 3.18. The summed E-state index contributed by atoms with van der Waals surface area (Å²) in [4.78, 5) is 27.3. The van der Waals surface area contributed by atoms with E-state index >= 15 is 0 Å². The summed E-state index contributed by atoms with van der Waals surface area (Å²) < 4.78 is 27.6. The molecule has 1 aliphatic rings. The number of rotatable bonds is 6. The van der Waals surface area contributed by atoms with Crippen LogP contribution in [0.25, 0.3) is 0 Å². The summed E-state index contributed by atoms with van der Waals surface area (Å²) in [7, 11) is -3.70. The molecule has 1 unspecified atom stereocenters. The second-order valence-electron chi connectivity index (χ2n) is 8.61. The van der Waals surface area contributed by atoms with Gasteiger partial charge in [-0.2, -0.15) is 0 Å². The number of amides is 2. The fourth-order valence-corrected chi connectivity index (χ4v) is 5.00. The Morgan fingerprint density at radius 3 is 2.24 bits per heavy atom. The smallest absolute Gasteiger partial charge is 0.261 e. The monoisotopic (exact) mass is 477 g/mol. The average molecular weight is 478 g/mol. The van der Waals surface area contributed by atoms with E-state index in [1.165, 1.54) is 0 Å². The normalized spacial score (nSPS) is 15.9. The summed E-state index contributed by atoms with van der Waals surface area (Å²) in [6.45, 7) is 6.18.